The van der Waals surface area contributed by atoms with Gasteiger partial charge in [0.2, 0.25) is 5.91 Å². The van der Waals surface area contributed by atoms with Crippen molar-refractivity contribution in [2.45, 2.75) is 6.42 Å². The molecule has 0 aromatic heterocycles. The molecular weight excluding hydrogens is 265 g/mol. The summed E-state index contributed by atoms with van der Waals surface area (Å²) in [5.41, 5.74) is 0.310. The van der Waals surface area contributed by atoms with Crippen LogP contribution in [0.15, 0.2) is 24.3 Å². The Labute approximate surface area is 116 Å². The summed E-state index contributed by atoms with van der Waals surface area (Å²) in [6, 6.07) is 4.20. The van der Waals surface area contributed by atoms with E-state index < -0.39 is 11.8 Å². The van der Waals surface area contributed by atoms with Crippen molar-refractivity contribution in [3.63, 3.8) is 0 Å². The lowest BCUT2D eigenvalue weighted by molar-refractivity contribution is -0.131. The molecule has 0 heterocycles. The number of para-hydroxylation sites is 1. The highest BCUT2D eigenvalue weighted by Crippen LogP contribution is 2.24. The second kappa shape index (κ2) is 7.28. The van der Waals surface area contributed by atoms with Crippen molar-refractivity contribution < 1.29 is 23.8 Å². The van der Waals surface area contributed by atoms with E-state index >= 15 is 0 Å². The molecule has 0 bridgehead atoms. The minimum Gasteiger partial charge on any atom is -0.489 e. The van der Waals surface area contributed by atoms with E-state index in [4.69, 9.17) is 9.84 Å². The molecule has 0 radical (unpaired) electrons. The molecule has 1 rings (SSSR count). The van der Waals surface area contributed by atoms with E-state index in [0.29, 0.717) is 5.56 Å². The van der Waals surface area contributed by atoms with Gasteiger partial charge in [-0.2, -0.15) is 0 Å². The van der Waals surface area contributed by atoms with Crippen LogP contribution in [0.4, 0.5) is 4.39 Å². The molecule has 20 heavy (non-hydrogen) atoms. The first-order valence-electron chi connectivity index (χ1n) is 5.94. The van der Waals surface area contributed by atoms with Crippen molar-refractivity contribution in [1.82, 2.24) is 4.90 Å². The van der Waals surface area contributed by atoms with Crippen LogP contribution in [0, 0.1) is 5.82 Å². The fraction of sp³-hybridized carbons (Fsp3) is 0.286. The van der Waals surface area contributed by atoms with Crippen LogP contribution in [-0.4, -0.2) is 42.6 Å². The van der Waals surface area contributed by atoms with Gasteiger partial charge < -0.3 is 14.7 Å². The van der Waals surface area contributed by atoms with E-state index in [1.807, 2.05) is 0 Å². The van der Waals surface area contributed by atoms with E-state index in [2.05, 4.69) is 0 Å². The number of hydrogen-bond donors (Lipinski definition) is 1. The van der Waals surface area contributed by atoms with Crippen LogP contribution in [0.2, 0.25) is 0 Å². The number of carbonyl (C=O) groups excluding carboxylic acids is 1. The molecule has 0 fully saturated rings. The zero-order chi connectivity index (χ0) is 15.1. The molecule has 1 aromatic rings. The van der Waals surface area contributed by atoms with Crippen LogP contribution in [0.1, 0.15) is 12.0 Å². The van der Waals surface area contributed by atoms with Crippen LogP contribution in [-0.2, 0) is 9.59 Å². The van der Waals surface area contributed by atoms with E-state index in [-0.39, 0.29) is 24.7 Å². The first-order chi connectivity index (χ1) is 9.41. The van der Waals surface area contributed by atoms with Gasteiger partial charge in [0, 0.05) is 25.7 Å². The predicted octanol–water partition coefficient (Wildman–Crippen LogP) is 1.78. The maximum atomic E-state index is 13.7. The topological polar surface area (TPSA) is 66.8 Å². The average Bonchev–Trinajstić information content (AvgIpc) is 2.38. The summed E-state index contributed by atoms with van der Waals surface area (Å²) in [5.74, 6) is -1.93. The summed E-state index contributed by atoms with van der Waals surface area (Å²) in [6.45, 7) is 0.0197. The van der Waals surface area contributed by atoms with Gasteiger partial charge in [0.1, 0.15) is 0 Å². The van der Waals surface area contributed by atoms with Gasteiger partial charge in [-0.15, -0.1) is 0 Å². The molecule has 1 aromatic carbocycles. The minimum absolute atomic E-state index is 0.0197. The Balaban J connectivity index is 2.78. The lowest BCUT2D eigenvalue weighted by Crippen LogP contribution is -2.23. The van der Waals surface area contributed by atoms with Crippen molar-refractivity contribution in [3.8, 4) is 5.75 Å². The highest BCUT2D eigenvalue weighted by atomic mass is 19.1. The Morgan fingerprint density at radius 1 is 1.40 bits per heavy atom. The van der Waals surface area contributed by atoms with Crippen LogP contribution < -0.4 is 4.74 Å². The van der Waals surface area contributed by atoms with Gasteiger partial charge in [-0.05, 0) is 12.1 Å². The maximum Gasteiger partial charge on any atom is 0.328 e. The fourth-order valence-electron chi connectivity index (χ4n) is 1.43. The number of amides is 1. The van der Waals surface area contributed by atoms with E-state index in [0.717, 1.165) is 6.08 Å². The number of ether oxygens (including phenoxy) is 1. The van der Waals surface area contributed by atoms with Gasteiger partial charge in [-0.1, -0.05) is 12.1 Å². The minimum atomic E-state index is -1.14. The third kappa shape index (κ3) is 4.72. The number of benzene rings is 1. The number of nitrogens with zero attached hydrogens (tertiary/aromatic N) is 1. The summed E-state index contributed by atoms with van der Waals surface area (Å²) < 4.78 is 18.9. The first-order valence-corrected chi connectivity index (χ1v) is 5.94. The van der Waals surface area contributed by atoms with Gasteiger partial charge in [-0.25, -0.2) is 9.18 Å². The molecular formula is C14H16FNO4. The molecule has 0 aliphatic carbocycles. The highest BCUT2D eigenvalue weighted by Gasteiger charge is 2.10. The normalized spacial score (nSPS) is 10.6. The molecule has 1 N–H and O–H groups in total. The SMILES string of the molecule is CN(C)C(=O)CCOc1c(F)cccc1/C=C/C(=O)O. The summed E-state index contributed by atoms with van der Waals surface area (Å²) in [7, 11) is 3.24. The number of halogens is 1. The van der Waals surface area contributed by atoms with Gasteiger partial charge in [0.25, 0.3) is 0 Å². The summed E-state index contributed by atoms with van der Waals surface area (Å²) in [5, 5.41) is 8.57. The number of carboxylic acid groups (broad SMARTS) is 1. The third-order valence-corrected chi connectivity index (χ3v) is 2.46. The lowest BCUT2D eigenvalue weighted by atomic mass is 10.2. The summed E-state index contributed by atoms with van der Waals surface area (Å²) in [4.78, 5) is 23.3. The standard InChI is InChI=1S/C14H16FNO4/c1-16(2)12(17)8-9-20-14-10(6-7-13(18)19)4-3-5-11(14)15/h3-7H,8-9H2,1-2H3,(H,18,19)/b7-6+. The summed E-state index contributed by atoms with van der Waals surface area (Å²) >= 11 is 0. The number of carbonyl (C=O) groups is 2. The van der Waals surface area contributed by atoms with Crippen molar-refractivity contribution in [2.24, 2.45) is 0 Å². The molecule has 5 nitrogen and oxygen atoms in total. The number of hydrogen-bond acceptors (Lipinski definition) is 3. The molecule has 108 valence electrons. The van der Waals surface area contributed by atoms with Crippen molar-refractivity contribution in [2.75, 3.05) is 20.7 Å². The Morgan fingerprint density at radius 3 is 2.70 bits per heavy atom. The second-order valence-corrected chi connectivity index (χ2v) is 4.22. The Morgan fingerprint density at radius 2 is 2.10 bits per heavy atom. The largest absolute Gasteiger partial charge is 0.489 e. The van der Waals surface area contributed by atoms with Gasteiger partial charge in [0.15, 0.2) is 11.6 Å². The third-order valence-electron chi connectivity index (χ3n) is 2.46. The second-order valence-electron chi connectivity index (χ2n) is 4.22. The number of carboxylic acids is 1. The van der Waals surface area contributed by atoms with Crippen LogP contribution in [0.25, 0.3) is 6.08 Å². The van der Waals surface area contributed by atoms with Crippen molar-refractivity contribution in [1.29, 1.82) is 0 Å². The molecule has 0 aliphatic heterocycles. The van der Waals surface area contributed by atoms with E-state index in [1.165, 1.54) is 29.2 Å². The molecule has 0 aliphatic rings. The Bertz CT molecular complexity index is 526. The molecule has 0 unspecified atom stereocenters. The van der Waals surface area contributed by atoms with E-state index in [1.54, 1.807) is 14.1 Å². The molecule has 0 saturated carbocycles. The van der Waals surface area contributed by atoms with Crippen molar-refractivity contribution in [3.05, 3.63) is 35.7 Å². The highest BCUT2D eigenvalue weighted by molar-refractivity contribution is 5.85. The number of aliphatic carboxylic acids is 1. The lowest BCUT2D eigenvalue weighted by Gasteiger charge is -2.12. The Hall–Kier alpha value is -2.37. The zero-order valence-corrected chi connectivity index (χ0v) is 11.3. The Kier molecular flexibility index (Phi) is 5.71. The van der Waals surface area contributed by atoms with E-state index in [9.17, 15) is 14.0 Å². The molecule has 6 heteroatoms. The molecule has 1 amide bonds. The van der Waals surface area contributed by atoms with Gasteiger partial charge >= 0.3 is 5.97 Å². The monoisotopic (exact) mass is 281 g/mol. The predicted molar refractivity (Wildman–Crippen MR) is 71.9 cm³/mol. The summed E-state index contributed by atoms with van der Waals surface area (Å²) in [6.07, 6.45) is 2.25. The zero-order valence-electron chi connectivity index (χ0n) is 11.3. The smallest absolute Gasteiger partial charge is 0.328 e. The van der Waals surface area contributed by atoms with Crippen LogP contribution >= 0.6 is 0 Å². The first kappa shape index (κ1) is 15.7. The van der Waals surface area contributed by atoms with Gasteiger partial charge in [0.05, 0.1) is 13.0 Å². The molecule has 0 atom stereocenters. The molecule has 0 spiro atoms. The number of rotatable bonds is 6. The maximum absolute atomic E-state index is 13.7. The van der Waals surface area contributed by atoms with Crippen LogP contribution in [0.3, 0.4) is 0 Å². The fourth-order valence-corrected chi connectivity index (χ4v) is 1.43. The van der Waals surface area contributed by atoms with Crippen molar-refractivity contribution >= 4 is 18.0 Å². The molecule has 0 saturated heterocycles. The average molecular weight is 281 g/mol. The van der Waals surface area contributed by atoms with Gasteiger partial charge in [-0.3, -0.25) is 4.79 Å². The quantitative estimate of drug-likeness (QED) is 0.807. The van der Waals surface area contributed by atoms with Crippen LogP contribution in [0.5, 0.6) is 5.75 Å².